The molecule has 0 spiro atoms. The molecular weight excluding hydrogens is 244 g/mol. The quantitative estimate of drug-likeness (QED) is 0.802. The van der Waals surface area contributed by atoms with Crippen LogP contribution in [0.15, 0.2) is 29.1 Å². The lowest BCUT2D eigenvalue weighted by Gasteiger charge is -2.10. The van der Waals surface area contributed by atoms with Gasteiger partial charge in [-0.05, 0) is 36.6 Å². The van der Waals surface area contributed by atoms with Gasteiger partial charge in [-0.2, -0.15) is 0 Å². The predicted molar refractivity (Wildman–Crippen MR) is 73.0 cm³/mol. The largest absolute Gasteiger partial charge is 0.468 e. The molecule has 1 heterocycles. The van der Waals surface area contributed by atoms with E-state index in [1.165, 1.54) is 7.11 Å². The Morgan fingerprint density at radius 3 is 2.84 bits per heavy atom. The number of hydrogen-bond donors (Lipinski definition) is 2. The first-order chi connectivity index (χ1) is 9.01. The molecule has 5 nitrogen and oxygen atoms in total. The van der Waals surface area contributed by atoms with E-state index in [1.807, 2.05) is 25.1 Å². The summed E-state index contributed by atoms with van der Waals surface area (Å²) in [5.74, 6) is -0.432. The van der Waals surface area contributed by atoms with E-state index < -0.39 is 12.0 Å². The Hall–Kier alpha value is -2.14. The number of carbonyl (C=O) groups excluding carboxylic acids is 1. The molecule has 0 radical (unpaired) electrons. The van der Waals surface area contributed by atoms with E-state index in [4.69, 9.17) is 5.73 Å². The van der Waals surface area contributed by atoms with Gasteiger partial charge in [0.05, 0.1) is 7.11 Å². The number of rotatable bonds is 3. The molecule has 3 N–H and O–H groups in total. The number of hydrogen-bond acceptors (Lipinski definition) is 4. The molecule has 2 rings (SSSR count). The summed E-state index contributed by atoms with van der Waals surface area (Å²) in [5, 5.41) is 0.953. The van der Waals surface area contributed by atoms with Crippen LogP contribution < -0.4 is 11.3 Å². The van der Waals surface area contributed by atoms with Gasteiger partial charge in [0.25, 0.3) is 0 Å². The Labute approximate surface area is 110 Å². The Morgan fingerprint density at radius 1 is 1.42 bits per heavy atom. The van der Waals surface area contributed by atoms with Gasteiger partial charge in [-0.25, -0.2) is 0 Å². The van der Waals surface area contributed by atoms with Gasteiger partial charge in [-0.3, -0.25) is 9.59 Å². The summed E-state index contributed by atoms with van der Waals surface area (Å²) in [6.07, 6.45) is 0.404. The van der Waals surface area contributed by atoms with Gasteiger partial charge in [0.2, 0.25) is 5.56 Å². The third-order valence-electron chi connectivity index (χ3n) is 3.07. The van der Waals surface area contributed by atoms with Crippen LogP contribution in [0.3, 0.4) is 0 Å². The minimum absolute atomic E-state index is 0.121. The van der Waals surface area contributed by atoms with E-state index in [-0.39, 0.29) is 5.56 Å². The van der Waals surface area contributed by atoms with Crippen LogP contribution in [0.25, 0.3) is 10.9 Å². The highest BCUT2D eigenvalue weighted by Gasteiger charge is 2.14. The van der Waals surface area contributed by atoms with E-state index in [0.717, 1.165) is 22.0 Å². The summed E-state index contributed by atoms with van der Waals surface area (Å²) in [7, 11) is 1.32. The second-order valence-corrected chi connectivity index (χ2v) is 4.53. The van der Waals surface area contributed by atoms with Crippen molar-refractivity contribution in [3.8, 4) is 0 Å². The third kappa shape index (κ3) is 2.82. The summed E-state index contributed by atoms with van der Waals surface area (Å²) in [5.41, 5.74) is 8.22. The van der Waals surface area contributed by atoms with Gasteiger partial charge in [0, 0.05) is 17.0 Å². The first-order valence-corrected chi connectivity index (χ1v) is 5.97. The minimum Gasteiger partial charge on any atom is -0.468 e. The normalized spacial score (nSPS) is 12.4. The number of benzene rings is 1. The van der Waals surface area contributed by atoms with Crippen molar-refractivity contribution in [1.82, 2.24) is 4.98 Å². The molecule has 1 aromatic heterocycles. The van der Waals surface area contributed by atoms with E-state index in [1.54, 1.807) is 6.07 Å². The molecule has 0 saturated heterocycles. The number of nitrogens with one attached hydrogen (secondary N) is 1. The topological polar surface area (TPSA) is 85.2 Å². The van der Waals surface area contributed by atoms with Gasteiger partial charge >= 0.3 is 5.97 Å². The molecule has 0 aliphatic heterocycles. The smallest absolute Gasteiger partial charge is 0.322 e. The van der Waals surface area contributed by atoms with E-state index >= 15 is 0 Å². The molecule has 1 atom stereocenters. The Bertz CT molecular complexity index is 676. The number of carbonyl (C=O) groups is 1. The Morgan fingerprint density at radius 2 is 2.16 bits per heavy atom. The Kier molecular flexibility index (Phi) is 3.66. The number of H-pyrrole nitrogens is 1. The summed E-state index contributed by atoms with van der Waals surface area (Å²) in [6.45, 7) is 1.88. The number of esters is 1. The Balaban J connectivity index is 2.37. The van der Waals surface area contributed by atoms with Crippen LogP contribution in [-0.2, 0) is 16.0 Å². The molecule has 0 fully saturated rings. The summed E-state index contributed by atoms with van der Waals surface area (Å²) >= 11 is 0. The van der Waals surface area contributed by atoms with Gasteiger partial charge in [0.15, 0.2) is 0 Å². The lowest BCUT2D eigenvalue weighted by atomic mass is 10.0. The average Bonchev–Trinajstić information content (AvgIpc) is 2.38. The highest BCUT2D eigenvalue weighted by atomic mass is 16.5. The number of methoxy groups -OCH3 is 1. The second-order valence-electron chi connectivity index (χ2n) is 4.53. The van der Waals surface area contributed by atoms with Crippen LogP contribution in [0.1, 0.15) is 11.1 Å². The van der Waals surface area contributed by atoms with Crippen LogP contribution in [0, 0.1) is 6.92 Å². The summed E-state index contributed by atoms with van der Waals surface area (Å²) in [4.78, 5) is 25.4. The third-order valence-corrected chi connectivity index (χ3v) is 3.07. The molecule has 0 aliphatic carbocycles. The summed E-state index contributed by atoms with van der Waals surface area (Å²) < 4.78 is 4.60. The molecule has 0 bridgehead atoms. The molecule has 0 amide bonds. The van der Waals surface area contributed by atoms with Crippen molar-refractivity contribution in [3.63, 3.8) is 0 Å². The molecule has 19 heavy (non-hydrogen) atoms. The van der Waals surface area contributed by atoms with Crippen LogP contribution in [0.5, 0.6) is 0 Å². The van der Waals surface area contributed by atoms with Crippen molar-refractivity contribution in [1.29, 1.82) is 0 Å². The van der Waals surface area contributed by atoms with Gasteiger partial charge < -0.3 is 15.5 Å². The van der Waals surface area contributed by atoms with Gasteiger partial charge in [-0.15, -0.1) is 0 Å². The fourth-order valence-corrected chi connectivity index (χ4v) is 2.09. The first-order valence-electron chi connectivity index (χ1n) is 5.97. The maximum Gasteiger partial charge on any atom is 0.322 e. The first kappa shape index (κ1) is 13.3. The van der Waals surface area contributed by atoms with Crippen molar-refractivity contribution >= 4 is 16.9 Å². The van der Waals surface area contributed by atoms with Crippen molar-refractivity contribution < 1.29 is 9.53 Å². The van der Waals surface area contributed by atoms with Gasteiger partial charge in [0.1, 0.15) is 6.04 Å². The lowest BCUT2D eigenvalue weighted by Crippen LogP contribution is -2.33. The number of nitrogens with two attached hydrogens (primary N) is 1. The zero-order chi connectivity index (χ0) is 14.0. The molecule has 2 aromatic rings. The predicted octanol–water partition coefficient (Wildman–Crippen LogP) is 0.879. The fourth-order valence-electron chi connectivity index (χ4n) is 2.09. The molecule has 100 valence electrons. The van der Waals surface area contributed by atoms with Crippen LogP contribution in [0.4, 0.5) is 0 Å². The number of aromatic nitrogens is 1. The molecule has 0 unspecified atom stereocenters. The van der Waals surface area contributed by atoms with Crippen LogP contribution in [0.2, 0.25) is 0 Å². The highest BCUT2D eigenvalue weighted by Crippen LogP contribution is 2.17. The lowest BCUT2D eigenvalue weighted by molar-refractivity contribution is -0.142. The van der Waals surface area contributed by atoms with Crippen LogP contribution in [-0.4, -0.2) is 24.1 Å². The molecule has 1 aromatic carbocycles. The zero-order valence-electron chi connectivity index (χ0n) is 10.9. The number of pyridine rings is 1. The molecule has 0 saturated carbocycles. The van der Waals surface area contributed by atoms with E-state index in [0.29, 0.717) is 6.42 Å². The van der Waals surface area contributed by atoms with E-state index in [9.17, 15) is 9.59 Å². The van der Waals surface area contributed by atoms with Crippen molar-refractivity contribution in [3.05, 3.63) is 45.7 Å². The van der Waals surface area contributed by atoms with E-state index in [2.05, 4.69) is 9.72 Å². The number of aryl methyl sites for hydroxylation is 1. The molecular formula is C14H16N2O3. The number of fused-ring (bicyclic) bond motifs is 1. The number of aromatic amines is 1. The van der Waals surface area contributed by atoms with Crippen LogP contribution >= 0.6 is 0 Å². The second kappa shape index (κ2) is 5.24. The maximum absolute atomic E-state index is 11.4. The summed E-state index contributed by atoms with van der Waals surface area (Å²) in [6, 6.07) is 6.48. The van der Waals surface area contributed by atoms with Gasteiger partial charge in [-0.1, -0.05) is 6.07 Å². The monoisotopic (exact) mass is 260 g/mol. The molecule has 0 aliphatic rings. The maximum atomic E-state index is 11.4. The average molecular weight is 260 g/mol. The SMILES string of the molecule is COC(=O)[C@@H](N)Cc1ccc2[nH]c(=O)cc(C)c2c1. The highest BCUT2D eigenvalue weighted by molar-refractivity contribution is 5.83. The van der Waals surface area contributed by atoms with Crippen molar-refractivity contribution in [2.75, 3.05) is 7.11 Å². The van der Waals surface area contributed by atoms with Crippen molar-refractivity contribution in [2.24, 2.45) is 5.73 Å². The number of ether oxygens (including phenoxy) is 1. The van der Waals surface area contributed by atoms with Crippen molar-refractivity contribution in [2.45, 2.75) is 19.4 Å². The molecule has 5 heteroatoms. The fraction of sp³-hybridized carbons (Fsp3) is 0.286. The minimum atomic E-state index is -0.675. The standard InChI is InChI=1S/C14H16N2O3/c1-8-5-13(17)16-12-4-3-9(6-10(8)12)7-11(15)14(18)19-2/h3-6,11H,7,15H2,1-2H3,(H,16,17)/t11-/m0/s1. The zero-order valence-corrected chi connectivity index (χ0v) is 10.9.